The molecule has 0 aliphatic rings. The van der Waals surface area contributed by atoms with E-state index in [-0.39, 0.29) is 10.6 Å². The maximum Gasteiger partial charge on any atom is 0.322 e. The summed E-state index contributed by atoms with van der Waals surface area (Å²) < 4.78 is 25.3. The molecule has 0 fully saturated rings. The third kappa shape index (κ3) is 5.19. The number of nitrogens with two attached hydrogens (primary N) is 2. The van der Waals surface area contributed by atoms with Gasteiger partial charge in [-0.05, 0) is 12.1 Å². The van der Waals surface area contributed by atoms with E-state index in [0.717, 1.165) is 16.5 Å². The number of sulfone groups is 1. The van der Waals surface area contributed by atoms with Crippen molar-refractivity contribution in [1.82, 2.24) is 0 Å². The van der Waals surface area contributed by atoms with Crippen LogP contribution in [0, 0.1) is 0 Å². The van der Waals surface area contributed by atoms with Crippen LogP contribution < -0.4 is 16.4 Å². The van der Waals surface area contributed by atoms with Gasteiger partial charge in [-0.3, -0.25) is 9.59 Å². The first-order valence-electron chi connectivity index (χ1n) is 8.66. The zero-order valence-corrected chi connectivity index (χ0v) is 18.7. The summed E-state index contributed by atoms with van der Waals surface area (Å²) in [7, 11) is 1.01. The van der Waals surface area contributed by atoms with Crippen molar-refractivity contribution in [1.29, 1.82) is 0 Å². The number of carbonyl (C=O) groups is 2. The second-order valence-electron chi connectivity index (χ2n) is 6.63. The van der Waals surface area contributed by atoms with Crippen LogP contribution in [0.1, 0.15) is 0 Å². The summed E-state index contributed by atoms with van der Waals surface area (Å²) in [6.45, 7) is 0. The molecule has 6 N–H and O–H groups in total. The van der Waals surface area contributed by atoms with Gasteiger partial charge < -0.3 is 26.6 Å². The minimum atomic E-state index is -4.20. The summed E-state index contributed by atoms with van der Waals surface area (Å²) >= 11 is 0. The molecule has 0 amide bonds. The van der Waals surface area contributed by atoms with Crippen molar-refractivity contribution < 1.29 is 28.2 Å². The van der Waals surface area contributed by atoms with Gasteiger partial charge in [0, 0.05) is 36.3 Å². The molecule has 0 aliphatic carbocycles. The predicted octanol–water partition coefficient (Wildman–Crippen LogP) is 1.21. The van der Waals surface area contributed by atoms with E-state index in [4.69, 9.17) is 16.6 Å². The summed E-state index contributed by atoms with van der Waals surface area (Å²) in [6.07, 6.45) is 0. The number of fused-ring (bicyclic) bond motifs is 1. The Morgan fingerprint density at radius 1 is 1.03 bits per heavy atom. The lowest BCUT2D eigenvalue weighted by Gasteiger charge is -2.22. The normalized spacial score (nSPS) is 14.8. The molecule has 0 heterocycles. The molecule has 164 valence electrons. The Kier molecular flexibility index (Phi) is 7.99. The van der Waals surface area contributed by atoms with E-state index in [2.05, 4.69) is 0 Å². The molecule has 2 rings (SSSR count). The second kappa shape index (κ2) is 9.88. The lowest BCUT2D eigenvalue weighted by Crippen LogP contribution is -2.44. The Hall–Kier alpha value is -1.99. The third-order valence-corrected chi connectivity index (χ3v) is 10.1. The van der Waals surface area contributed by atoms with Crippen molar-refractivity contribution >= 4 is 59.8 Å². The minimum Gasteiger partial charge on any atom is -0.480 e. The van der Waals surface area contributed by atoms with Crippen LogP contribution in [0.15, 0.2) is 41.3 Å². The third-order valence-electron chi connectivity index (χ3n) is 4.26. The summed E-state index contributed by atoms with van der Waals surface area (Å²) in [6, 6.07) is 7.05. The summed E-state index contributed by atoms with van der Waals surface area (Å²) in [5.74, 6) is -2.83. The number of carboxylic acid groups (broad SMARTS) is 2. The molecular weight excluding hydrogens is 450 g/mol. The number of hydrogen-bond donors (Lipinski definition) is 4. The standard InChI is InChI=1S/C18H23N3O6S3/c1-21(2)13-7-3-6-11-10(13)5-4-8-14(11)30(26,27)18(15(20)17(24)25)29-28-9-12(19)16(22)23/h3-8,12,15,18H,9,19-20H2,1-2H3,(H,22,23)(H,24,25)/t12-,15+,18?/m0/s1. The van der Waals surface area contributed by atoms with Gasteiger partial charge in [0.1, 0.15) is 16.7 Å². The minimum absolute atomic E-state index is 0.0407. The van der Waals surface area contributed by atoms with Crippen LogP contribution in [0.25, 0.3) is 10.8 Å². The van der Waals surface area contributed by atoms with Gasteiger partial charge in [0.05, 0.1) is 4.90 Å². The predicted molar refractivity (Wildman–Crippen MR) is 121 cm³/mol. The van der Waals surface area contributed by atoms with Crippen molar-refractivity contribution in [2.24, 2.45) is 11.5 Å². The van der Waals surface area contributed by atoms with Crippen LogP contribution in [0.2, 0.25) is 0 Å². The van der Waals surface area contributed by atoms with E-state index in [1.165, 1.54) is 6.07 Å². The van der Waals surface area contributed by atoms with Gasteiger partial charge in [-0.1, -0.05) is 45.9 Å². The monoisotopic (exact) mass is 473 g/mol. The first kappa shape index (κ1) is 24.3. The maximum absolute atomic E-state index is 13.4. The summed E-state index contributed by atoms with van der Waals surface area (Å²) in [5, 5.41) is 19.4. The molecule has 2 aromatic rings. The zero-order valence-electron chi connectivity index (χ0n) is 16.3. The number of benzene rings is 2. The van der Waals surface area contributed by atoms with Crippen molar-refractivity contribution in [3.05, 3.63) is 36.4 Å². The molecule has 0 radical (unpaired) electrons. The highest BCUT2D eigenvalue weighted by Crippen LogP contribution is 2.38. The molecule has 2 aromatic carbocycles. The van der Waals surface area contributed by atoms with Gasteiger partial charge in [-0.2, -0.15) is 0 Å². The van der Waals surface area contributed by atoms with Gasteiger partial charge in [-0.25, -0.2) is 8.42 Å². The van der Waals surface area contributed by atoms with E-state index in [1.807, 2.05) is 25.1 Å². The van der Waals surface area contributed by atoms with Crippen LogP contribution in [-0.2, 0) is 19.4 Å². The van der Waals surface area contributed by atoms with Gasteiger partial charge >= 0.3 is 11.9 Å². The number of aliphatic carboxylic acids is 2. The lowest BCUT2D eigenvalue weighted by molar-refractivity contribution is -0.139. The van der Waals surface area contributed by atoms with Crippen LogP contribution >= 0.6 is 21.6 Å². The van der Waals surface area contributed by atoms with Crippen LogP contribution in [0.4, 0.5) is 5.69 Å². The first-order chi connectivity index (χ1) is 14.0. The first-order valence-corrected chi connectivity index (χ1v) is 12.6. The number of carboxylic acids is 2. The Morgan fingerprint density at radius 3 is 2.20 bits per heavy atom. The Morgan fingerprint density at radius 2 is 1.63 bits per heavy atom. The largest absolute Gasteiger partial charge is 0.480 e. The fourth-order valence-corrected chi connectivity index (χ4v) is 8.54. The number of rotatable bonds is 10. The Balaban J connectivity index is 2.51. The molecule has 0 aromatic heterocycles. The molecule has 12 heteroatoms. The topological polar surface area (TPSA) is 164 Å². The molecule has 30 heavy (non-hydrogen) atoms. The molecule has 9 nitrogen and oxygen atoms in total. The Labute approximate surface area is 182 Å². The Bertz CT molecular complexity index is 1040. The molecule has 0 aliphatic heterocycles. The van der Waals surface area contributed by atoms with Gasteiger partial charge in [0.2, 0.25) is 0 Å². The van der Waals surface area contributed by atoms with Crippen molar-refractivity contribution in [3.63, 3.8) is 0 Å². The van der Waals surface area contributed by atoms with E-state index in [1.54, 1.807) is 24.3 Å². The van der Waals surface area contributed by atoms with Crippen molar-refractivity contribution in [2.75, 3.05) is 24.7 Å². The molecule has 1 unspecified atom stereocenters. The van der Waals surface area contributed by atoms with Crippen LogP contribution in [-0.4, -0.2) is 67.1 Å². The molecule has 0 saturated heterocycles. The smallest absolute Gasteiger partial charge is 0.322 e. The van der Waals surface area contributed by atoms with Gasteiger partial charge in [0.15, 0.2) is 9.84 Å². The number of hydrogen-bond acceptors (Lipinski definition) is 9. The SMILES string of the molecule is CN(C)c1cccc2c(S(=O)(=O)C(SSC[C@H](N)C(=O)O)[C@H](N)C(=O)O)cccc12. The van der Waals surface area contributed by atoms with Gasteiger partial charge in [0.25, 0.3) is 0 Å². The average Bonchev–Trinajstić information content (AvgIpc) is 2.68. The van der Waals surface area contributed by atoms with Gasteiger partial charge in [-0.15, -0.1) is 0 Å². The van der Waals surface area contributed by atoms with Crippen molar-refractivity contribution in [2.45, 2.75) is 21.6 Å². The molecule has 3 atom stereocenters. The zero-order chi connectivity index (χ0) is 22.6. The highest BCUT2D eigenvalue weighted by molar-refractivity contribution is 8.78. The quantitative estimate of drug-likeness (QED) is 0.367. The van der Waals surface area contributed by atoms with E-state index in [0.29, 0.717) is 21.6 Å². The molecule has 0 spiro atoms. The number of nitrogens with zero attached hydrogens (tertiary/aromatic N) is 1. The fourth-order valence-electron chi connectivity index (χ4n) is 2.70. The highest BCUT2D eigenvalue weighted by Gasteiger charge is 2.39. The fraction of sp³-hybridized carbons (Fsp3) is 0.333. The molecule has 0 bridgehead atoms. The maximum atomic E-state index is 13.4. The van der Waals surface area contributed by atoms with Crippen LogP contribution in [0.3, 0.4) is 0 Å². The summed E-state index contributed by atoms with van der Waals surface area (Å²) in [4.78, 5) is 24.2. The second-order valence-corrected chi connectivity index (χ2v) is 11.5. The van der Waals surface area contributed by atoms with Crippen LogP contribution in [0.5, 0.6) is 0 Å². The average molecular weight is 474 g/mol. The highest BCUT2D eigenvalue weighted by atomic mass is 33.1. The summed E-state index contributed by atoms with van der Waals surface area (Å²) in [5.41, 5.74) is 12.0. The molecule has 0 saturated carbocycles. The van der Waals surface area contributed by atoms with E-state index < -0.39 is 38.4 Å². The lowest BCUT2D eigenvalue weighted by atomic mass is 10.1. The molecular formula is C18H23N3O6S3. The van der Waals surface area contributed by atoms with E-state index in [9.17, 15) is 23.1 Å². The van der Waals surface area contributed by atoms with Crippen molar-refractivity contribution in [3.8, 4) is 0 Å². The van der Waals surface area contributed by atoms with E-state index >= 15 is 0 Å². The number of anilines is 1.